The van der Waals surface area contributed by atoms with Crippen LogP contribution in [0.3, 0.4) is 0 Å². The van der Waals surface area contributed by atoms with Gasteiger partial charge in [-0.3, -0.25) is 9.59 Å². The Hall–Kier alpha value is -1.84. The van der Waals surface area contributed by atoms with Gasteiger partial charge in [-0.2, -0.15) is 0 Å². The minimum Gasteiger partial charge on any atom is -0.460 e. The van der Waals surface area contributed by atoms with Crippen LogP contribution in [-0.2, 0) is 16.0 Å². The molecule has 0 fully saturated rings. The Morgan fingerprint density at radius 3 is 2.94 bits per heavy atom. The van der Waals surface area contributed by atoms with E-state index in [9.17, 15) is 9.59 Å². The Bertz CT molecular complexity index is 428. The van der Waals surface area contributed by atoms with Crippen LogP contribution in [0.4, 0.5) is 0 Å². The molecule has 1 aliphatic heterocycles. The first-order valence-corrected chi connectivity index (χ1v) is 5.20. The number of hydrogen-bond acceptors (Lipinski definition) is 3. The average molecular weight is 219 g/mol. The molecule has 0 saturated heterocycles. The number of rotatable bonds is 1. The lowest BCUT2D eigenvalue weighted by atomic mass is 10.0. The Morgan fingerprint density at radius 1 is 1.44 bits per heavy atom. The number of carbonyl (C=O) groups is 2. The maximum absolute atomic E-state index is 11.7. The minimum absolute atomic E-state index is 0.106. The van der Waals surface area contributed by atoms with E-state index in [0.29, 0.717) is 18.5 Å². The van der Waals surface area contributed by atoms with E-state index in [1.807, 2.05) is 18.2 Å². The second kappa shape index (κ2) is 4.35. The van der Waals surface area contributed by atoms with E-state index in [1.54, 1.807) is 6.07 Å². The maximum Gasteiger partial charge on any atom is 0.302 e. The van der Waals surface area contributed by atoms with Gasteiger partial charge < -0.3 is 10.1 Å². The molecule has 1 unspecified atom stereocenters. The number of fused-ring (bicyclic) bond motifs is 1. The molecule has 0 radical (unpaired) electrons. The molecule has 1 aromatic rings. The zero-order valence-corrected chi connectivity index (χ0v) is 9.03. The van der Waals surface area contributed by atoms with Crippen molar-refractivity contribution in [2.24, 2.45) is 0 Å². The molecule has 16 heavy (non-hydrogen) atoms. The van der Waals surface area contributed by atoms with Crippen molar-refractivity contribution in [1.82, 2.24) is 5.32 Å². The number of ether oxygens (including phenoxy) is 1. The highest BCUT2D eigenvalue weighted by atomic mass is 16.5. The zero-order valence-electron chi connectivity index (χ0n) is 9.03. The third-order valence-electron chi connectivity index (χ3n) is 2.53. The normalized spacial score (nSPS) is 19.3. The largest absolute Gasteiger partial charge is 0.460 e. The third kappa shape index (κ3) is 2.21. The first-order chi connectivity index (χ1) is 7.66. The van der Waals surface area contributed by atoms with Gasteiger partial charge in [0, 0.05) is 18.9 Å². The molecule has 4 nitrogen and oxygen atoms in total. The molecule has 1 heterocycles. The van der Waals surface area contributed by atoms with Crippen LogP contribution in [-0.4, -0.2) is 24.5 Å². The number of hydrogen-bond donors (Lipinski definition) is 1. The lowest BCUT2D eigenvalue weighted by Crippen LogP contribution is -2.32. The first kappa shape index (κ1) is 10.7. The van der Waals surface area contributed by atoms with Crippen LogP contribution in [0.25, 0.3) is 0 Å². The van der Waals surface area contributed by atoms with E-state index in [0.717, 1.165) is 5.56 Å². The fraction of sp³-hybridized carbons (Fsp3) is 0.333. The van der Waals surface area contributed by atoms with E-state index in [-0.39, 0.29) is 18.0 Å². The zero-order chi connectivity index (χ0) is 11.5. The Balaban J connectivity index is 2.24. The molecule has 0 aromatic heterocycles. The second-order valence-electron chi connectivity index (χ2n) is 3.80. The van der Waals surface area contributed by atoms with E-state index in [1.165, 1.54) is 6.92 Å². The number of carbonyl (C=O) groups excluding carboxylic acids is 2. The van der Waals surface area contributed by atoms with Gasteiger partial charge in [0.15, 0.2) is 0 Å². The summed E-state index contributed by atoms with van der Waals surface area (Å²) < 4.78 is 5.12. The topological polar surface area (TPSA) is 55.4 Å². The number of benzene rings is 1. The molecule has 4 heteroatoms. The van der Waals surface area contributed by atoms with E-state index >= 15 is 0 Å². The first-order valence-electron chi connectivity index (χ1n) is 5.20. The van der Waals surface area contributed by atoms with Crippen molar-refractivity contribution in [3.05, 3.63) is 35.4 Å². The fourth-order valence-electron chi connectivity index (χ4n) is 1.86. The van der Waals surface area contributed by atoms with Gasteiger partial charge in [-0.25, -0.2) is 0 Å². The van der Waals surface area contributed by atoms with Crippen molar-refractivity contribution in [3.8, 4) is 0 Å². The van der Waals surface area contributed by atoms with Crippen LogP contribution < -0.4 is 5.32 Å². The maximum atomic E-state index is 11.7. The summed E-state index contributed by atoms with van der Waals surface area (Å²) in [5, 5.41) is 2.74. The number of esters is 1. The van der Waals surface area contributed by atoms with Gasteiger partial charge in [0.05, 0.1) is 6.54 Å². The van der Waals surface area contributed by atoms with Crippen LogP contribution in [0.15, 0.2) is 24.3 Å². The monoisotopic (exact) mass is 219 g/mol. The molecule has 1 amide bonds. The highest BCUT2D eigenvalue weighted by molar-refractivity contribution is 5.96. The molecule has 1 atom stereocenters. The highest BCUT2D eigenvalue weighted by Crippen LogP contribution is 2.15. The van der Waals surface area contributed by atoms with Crippen molar-refractivity contribution >= 4 is 11.9 Å². The van der Waals surface area contributed by atoms with Crippen LogP contribution >= 0.6 is 0 Å². The molecule has 2 rings (SSSR count). The molecular weight excluding hydrogens is 206 g/mol. The van der Waals surface area contributed by atoms with Gasteiger partial charge in [-0.1, -0.05) is 18.2 Å². The molecule has 0 spiro atoms. The minimum atomic E-state index is -0.321. The van der Waals surface area contributed by atoms with E-state index < -0.39 is 0 Å². The van der Waals surface area contributed by atoms with Crippen molar-refractivity contribution in [2.75, 3.05) is 6.54 Å². The summed E-state index contributed by atoms with van der Waals surface area (Å²) in [5.41, 5.74) is 1.58. The molecule has 84 valence electrons. The predicted molar refractivity (Wildman–Crippen MR) is 58.0 cm³/mol. The summed E-state index contributed by atoms with van der Waals surface area (Å²) in [6, 6.07) is 7.37. The summed E-state index contributed by atoms with van der Waals surface area (Å²) in [7, 11) is 0. The molecule has 1 N–H and O–H groups in total. The predicted octanol–water partition coefficient (Wildman–Crippen LogP) is 0.904. The molecule has 1 aliphatic rings. The molecule has 0 saturated carbocycles. The molecule has 0 bridgehead atoms. The third-order valence-corrected chi connectivity index (χ3v) is 2.53. The second-order valence-corrected chi connectivity index (χ2v) is 3.80. The van der Waals surface area contributed by atoms with Crippen molar-refractivity contribution in [3.63, 3.8) is 0 Å². The fourth-order valence-corrected chi connectivity index (χ4v) is 1.86. The van der Waals surface area contributed by atoms with Crippen LogP contribution in [0.2, 0.25) is 0 Å². The Kier molecular flexibility index (Phi) is 2.90. The van der Waals surface area contributed by atoms with Gasteiger partial charge in [0.2, 0.25) is 0 Å². The average Bonchev–Trinajstić information content (AvgIpc) is 2.39. The standard InChI is InChI=1S/C12H13NO3/c1-8(14)16-10-6-9-4-2-3-5-11(9)12(15)13-7-10/h2-5,10H,6-7H2,1H3,(H,13,15). The van der Waals surface area contributed by atoms with Crippen molar-refractivity contribution in [1.29, 1.82) is 0 Å². The van der Waals surface area contributed by atoms with Crippen molar-refractivity contribution < 1.29 is 14.3 Å². The number of amides is 1. The van der Waals surface area contributed by atoms with Crippen LogP contribution in [0.1, 0.15) is 22.8 Å². The molecular formula is C12H13NO3. The summed E-state index contributed by atoms with van der Waals surface area (Å²) in [6.45, 7) is 1.74. The van der Waals surface area contributed by atoms with Gasteiger partial charge in [0.25, 0.3) is 5.91 Å². The van der Waals surface area contributed by atoms with E-state index in [2.05, 4.69) is 5.32 Å². The summed E-state index contributed by atoms with van der Waals surface area (Å²) in [4.78, 5) is 22.6. The molecule has 1 aromatic carbocycles. The summed E-state index contributed by atoms with van der Waals surface area (Å²) in [5.74, 6) is -0.427. The lowest BCUT2D eigenvalue weighted by Gasteiger charge is -2.14. The van der Waals surface area contributed by atoms with Gasteiger partial charge >= 0.3 is 5.97 Å². The number of nitrogens with one attached hydrogen (secondary N) is 1. The highest BCUT2D eigenvalue weighted by Gasteiger charge is 2.22. The van der Waals surface area contributed by atoms with E-state index in [4.69, 9.17) is 4.74 Å². The quantitative estimate of drug-likeness (QED) is 0.714. The van der Waals surface area contributed by atoms with Crippen LogP contribution in [0, 0.1) is 0 Å². The van der Waals surface area contributed by atoms with Crippen LogP contribution in [0.5, 0.6) is 0 Å². The van der Waals surface area contributed by atoms with Gasteiger partial charge in [-0.05, 0) is 11.6 Å². The summed E-state index contributed by atoms with van der Waals surface area (Å²) >= 11 is 0. The van der Waals surface area contributed by atoms with Gasteiger partial charge in [0.1, 0.15) is 6.10 Å². The van der Waals surface area contributed by atoms with Gasteiger partial charge in [-0.15, -0.1) is 0 Å². The SMILES string of the molecule is CC(=O)OC1CNC(=O)c2ccccc2C1. The Morgan fingerprint density at radius 2 is 2.19 bits per heavy atom. The smallest absolute Gasteiger partial charge is 0.302 e. The lowest BCUT2D eigenvalue weighted by molar-refractivity contribution is -0.145. The van der Waals surface area contributed by atoms with Crippen molar-refractivity contribution in [2.45, 2.75) is 19.4 Å². The molecule has 0 aliphatic carbocycles. The summed E-state index contributed by atoms with van der Waals surface area (Å²) in [6.07, 6.45) is 0.305. The Labute approximate surface area is 93.6 Å².